The number of anilines is 2. The molecule has 1 fully saturated rings. The van der Waals surface area contributed by atoms with E-state index >= 15 is 0 Å². The lowest BCUT2D eigenvalue weighted by Gasteiger charge is -2.22. The Labute approximate surface area is 153 Å². The highest BCUT2D eigenvalue weighted by Gasteiger charge is 2.20. The Hall–Kier alpha value is -2.08. The highest BCUT2D eigenvalue weighted by molar-refractivity contribution is 7.11. The molecule has 0 aliphatic heterocycles. The molecule has 134 valence electrons. The van der Waals surface area contributed by atoms with Crippen LogP contribution < -0.4 is 10.6 Å². The van der Waals surface area contributed by atoms with Gasteiger partial charge in [0.2, 0.25) is 5.88 Å². The molecule has 0 bridgehead atoms. The molecule has 0 spiro atoms. The minimum Gasteiger partial charge on any atom is -0.492 e. The van der Waals surface area contributed by atoms with E-state index in [9.17, 15) is 5.11 Å². The summed E-state index contributed by atoms with van der Waals surface area (Å²) in [4.78, 5) is 0. The number of rotatable bonds is 5. The summed E-state index contributed by atoms with van der Waals surface area (Å²) >= 11 is 1.18. The molecule has 1 saturated carbocycles. The van der Waals surface area contributed by atoms with E-state index in [0.29, 0.717) is 16.5 Å². The third-order valence-electron chi connectivity index (χ3n) is 4.85. The molecule has 5 nitrogen and oxygen atoms in total. The summed E-state index contributed by atoms with van der Waals surface area (Å²) < 4.78 is 4.03. The third kappa shape index (κ3) is 4.31. The number of nitrogens with zero attached hydrogens (tertiary/aromatic N) is 1. The van der Waals surface area contributed by atoms with Crippen LogP contribution in [-0.2, 0) is 0 Å². The van der Waals surface area contributed by atoms with E-state index in [1.54, 1.807) is 0 Å². The molecular formula is C19H26N4OS. The standard InChI is InChI=1S/C19H26N4OS/c1-12-8-9-15(13(2)10-12)22-19-16(18(24)23-25-19)17(20)21-11-14-6-4-3-5-7-14/h8-10,14,22H,3-7,11H2,1-2H3,(H2,20,21)(H,23,24). The molecule has 0 radical (unpaired) electrons. The van der Waals surface area contributed by atoms with E-state index in [4.69, 9.17) is 5.41 Å². The molecule has 6 heteroatoms. The number of nitrogens with one attached hydrogen (secondary N) is 3. The van der Waals surface area contributed by atoms with Crippen LogP contribution in [0.15, 0.2) is 18.2 Å². The molecule has 2 aromatic rings. The quantitative estimate of drug-likeness (QED) is 0.461. The zero-order chi connectivity index (χ0) is 17.8. The van der Waals surface area contributed by atoms with Crippen molar-refractivity contribution in [1.29, 1.82) is 5.41 Å². The van der Waals surface area contributed by atoms with Crippen LogP contribution in [0.25, 0.3) is 0 Å². The normalized spacial score (nSPS) is 15.1. The van der Waals surface area contributed by atoms with Gasteiger partial charge in [-0.3, -0.25) is 5.41 Å². The smallest absolute Gasteiger partial charge is 0.236 e. The van der Waals surface area contributed by atoms with Crippen molar-refractivity contribution in [3.63, 3.8) is 0 Å². The van der Waals surface area contributed by atoms with E-state index in [1.807, 2.05) is 19.1 Å². The summed E-state index contributed by atoms with van der Waals surface area (Å²) in [5, 5.41) is 25.7. The summed E-state index contributed by atoms with van der Waals surface area (Å²) in [6.07, 6.45) is 6.34. The van der Waals surface area contributed by atoms with Crippen molar-refractivity contribution in [2.75, 3.05) is 11.9 Å². The topological polar surface area (TPSA) is 81.0 Å². The molecule has 1 aliphatic carbocycles. The van der Waals surface area contributed by atoms with E-state index in [1.165, 1.54) is 49.2 Å². The van der Waals surface area contributed by atoms with Crippen LogP contribution in [-0.4, -0.2) is 21.9 Å². The van der Waals surface area contributed by atoms with Crippen molar-refractivity contribution >= 4 is 28.1 Å². The number of aryl methyl sites for hydroxylation is 2. The van der Waals surface area contributed by atoms with Crippen LogP contribution >= 0.6 is 11.5 Å². The van der Waals surface area contributed by atoms with Crippen molar-refractivity contribution in [3.05, 3.63) is 34.9 Å². The lowest BCUT2D eigenvalue weighted by atomic mass is 9.89. The fourth-order valence-corrected chi connectivity index (χ4v) is 4.10. The van der Waals surface area contributed by atoms with Gasteiger partial charge in [0.25, 0.3) is 0 Å². The second-order valence-corrected chi connectivity index (χ2v) is 7.69. The van der Waals surface area contributed by atoms with Gasteiger partial charge in [-0.15, -0.1) is 0 Å². The number of hydrogen-bond donors (Lipinski definition) is 4. The highest BCUT2D eigenvalue weighted by Crippen LogP contribution is 2.33. The van der Waals surface area contributed by atoms with Crippen LogP contribution in [0.4, 0.5) is 10.7 Å². The monoisotopic (exact) mass is 358 g/mol. The Morgan fingerprint density at radius 2 is 2.04 bits per heavy atom. The molecule has 1 aliphatic rings. The summed E-state index contributed by atoms with van der Waals surface area (Å²) in [6, 6.07) is 6.17. The van der Waals surface area contributed by atoms with Gasteiger partial charge in [-0.2, -0.15) is 4.37 Å². The molecule has 0 unspecified atom stereocenters. The van der Waals surface area contributed by atoms with Gasteiger partial charge < -0.3 is 15.7 Å². The van der Waals surface area contributed by atoms with Gasteiger partial charge >= 0.3 is 0 Å². The number of benzene rings is 1. The number of hydrogen-bond acceptors (Lipinski definition) is 5. The first-order chi connectivity index (χ1) is 12.0. The number of amidine groups is 1. The lowest BCUT2D eigenvalue weighted by Crippen LogP contribution is -2.30. The maximum atomic E-state index is 10.1. The Morgan fingerprint density at radius 3 is 2.76 bits per heavy atom. The molecule has 3 rings (SSSR count). The molecule has 4 N–H and O–H groups in total. The largest absolute Gasteiger partial charge is 0.492 e. The molecule has 1 aromatic heterocycles. The maximum Gasteiger partial charge on any atom is 0.236 e. The van der Waals surface area contributed by atoms with Crippen LogP contribution in [0.2, 0.25) is 0 Å². The van der Waals surface area contributed by atoms with Crippen molar-refractivity contribution in [2.45, 2.75) is 46.0 Å². The van der Waals surface area contributed by atoms with E-state index < -0.39 is 0 Å². The first kappa shape index (κ1) is 17.7. The predicted octanol–water partition coefficient (Wildman–Crippen LogP) is 4.70. The second kappa shape index (κ2) is 7.87. The minimum absolute atomic E-state index is 0.0848. The SMILES string of the molecule is Cc1ccc(Nc2snc(O)c2C(=N)NCC2CCCCC2)c(C)c1. The molecule has 1 heterocycles. The Balaban J connectivity index is 1.71. The molecule has 0 saturated heterocycles. The third-order valence-corrected chi connectivity index (χ3v) is 5.60. The second-order valence-electron chi connectivity index (χ2n) is 6.91. The van der Waals surface area contributed by atoms with Crippen molar-refractivity contribution < 1.29 is 5.11 Å². The average Bonchev–Trinajstić information content (AvgIpc) is 2.97. The Kier molecular flexibility index (Phi) is 5.58. The molecule has 0 amide bonds. The summed E-state index contributed by atoms with van der Waals surface area (Å²) in [5.74, 6) is 0.779. The summed E-state index contributed by atoms with van der Waals surface area (Å²) in [6.45, 7) is 4.89. The van der Waals surface area contributed by atoms with E-state index in [-0.39, 0.29) is 11.7 Å². The molecule has 25 heavy (non-hydrogen) atoms. The van der Waals surface area contributed by atoms with E-state index in [2.05, 4.69) is 28.0 Å². The van der Waals surface area contributed by atoms with Gasteiger partial charge in [-0.05, 0) is 55.8 Å². The van der Waals surface area contributed by atoms with Gasteiger partial charge in [0.05, 0.1) is 0 Å². The zero-order valence-electron chi connectivity index (χ0n) is 14.9. The minimum atomic E-state index is -0.0848. The average molecular weight is 359 g/mol. The first-order valence-electron chi connectivity index (χ1n) is 8.90. The van der Waals surface area contributed by atoms with Gasteiger partial charge in [0.15, 0.2) is 0 Å². The molecule has 1 aromatic carbocycles. The number of aromatic hydroxyl groups is 1. The first-order valence-corrected chi connectivity index (χ1v) is 9.67. The van der Waals surface area contributed by atoms with E-state index in [0.717, 1.165) is 17.8 Å². The highest BCUT2D eigenvalue weighted by atomic mass is 32.1. The summed E-state index contributed by atoms with van der Waals surface area (Å²) in [5.41, 5.74) is 3.76. The molecular weight excluding hydrogens is 332 g/mol. The van der Waals surface area contributed by atoms with Crippen molar-refractivity contribution in [2.24, 2.45) is 5.92 Å². The van der Waals surface area contributed by atoms with Gasteiger partial charge in [0, 0.05) is 12.2 Å². The zero-order valence-corrected chi connectivity index (χ0v) is 15.7. The predicted molar refractivity (Wildman–Crippen MR) is 104 cm³/mol. The van der Waals surface area contributed by atoms with Gasteiger partial charge in [-0.1, -0.05) is 37.0 Å². The van der Waals surface area contributed by atoms with Crippen LogP contribution in [0.3, 0.4) is 0 Å². The van der Waals surface area contributed by atoms with Crippen LogP contribution in [0.5, 0.6) is 5.88 Å². The Morgan fingerprint density at radius 1 is 1.28 bits per heavy atom. The van der Waals surface area contributed by atoms with Crippen LogP contribution in [0.1, 0.15) is 48.8 Å². The maximum absolute atomic E-state index is 10.1. The fraction of sp³-hybridized carbons (Fsp3) is 0.474. The van der Waals surface area contributed by atoms with Crippen molar-refractivity contribution in [1.82, 2.24) is 9.69 Å². The Bertz CT molecular complexity index is 750. The van der Waals surface area contributed by atoms with Gasteiger partial charge in [0.1, 0.15) is 16.4 Å². The van der Waals surface area contributed by atoms with Crippen molar-refractivity contribution in [3.8, 4) is 5.88 Å². The molecule has 0 atom stereocenters. The van der Waals surface area contributed by atoms with Crippen LogP contribution in [0, 0.1) is 25.2 Å². The van der Waals surface area contributed by atoms with Gasteiger partial charge in [-0.25, -0.2) is 0 Å². The lowest BCUT2D eigenvalue weighted by molar-refractivity contribution is 0.356. The number of aromatic nitrogens is 1. The fourth-order valence-electron chi connectivity index (χ4n) is 3.39. The summed E-state index contributed by atoms with van der Waals surface area (Å²) in [7, 11) is 0.